The zero-order valence-corrected chi connectivity index (χ0v) is 19.3. The maximum Gasteiger partial charge on any atom is 0.253 e. The van der Waals surface area contributed by atoms with Gasteiger partial charge in [-0.15, -0.1) is 0 Å². The molecule has 9 heteroatoms. The summed E-state index contributed by atoms with van der Waals surface area (Å²) in [6, 6.07) is 12.6. The Morgan fingerprint density at radius 3 is 2.25 bits per heavy atom. The molecule has 0 radical (unpaired) electrons. The molecule has 0 spiro atoms. The van der Waals surface area contributed by atoms with Crippen molar-refractivity contribution in [2.45, 2.75) is 39.3 Å². The minimum absolute atomic E-state index is 0.128. The van der Waals surface area contributed by atoms with Gasteiger partial charge in [0.15, 0.2) is 0 Å². The quantitative estimate of drug-likeness (QED) is 0.564. The largest absolute Gasteiger partial charge is 0.348 e. The lowest BCUT2D eigenvalue weighted by Crippen LogP contribution is -2.29. The molecule has 2 aromatic carbocycles. The number of amides is 2. The van der Waals surface area contributed by atoms with Crippen LogP contribution in [0.3, 0.4) is 0 Å². The SMILES string of the molecule is CC(=O)Nc1ccc(NS(C)(=O)=O)c(C(=O)NCc2ccc(CN3CCCCC3)cc2)c1. The van der Waals surface area contributed by atoms with Crippen LogP contribution in [0.5, 0.6) is 0 Å². The zero-order chi connectivity index (χ0) is 23.1. The number of carbonyl (C=O) groups excluding carboxylic acids is 2. The number of nitrogens with zero attached hydrogens (tertiary/aromatic N) is 1. The van der Waals surface area contributed by atoms with Gasteiger partial charge in [-0.1, -0.05) is 30.7 Å². The van der Waals surface area contributed by atoms with E-state index in [0.717, 1.165) is 31.5 Å². The van der Waals surface area contributed by atoms with Crippen LogP contribution >= 0.6 is 0 Å². The van der Waals surface area contributed by atoms with E-state index in [0.29, 0.717) is 12.2 Å². The highest BCUT2D eigenvalue weighted by Crippen LogP contribution is 2.22. The lowest BCUT2D eigenvalue weighted by atomic mass is 10.1. The van der Waals surface area contributed by atoms with E-state index in [1.165, 1.54) is 49.9 Å². The number of anilines is 2. The van der Waals surface area contributed by atoms with Crippen LogP contribution in [0.25, 0.3) is 0 Å². The molecule has 1 heterocycles. The third-order valence-corrected chi connectivity index (χ3v) is 5.80. The van der Waals surface area contributed by atoms with Gasteiger partial charge in [-0.3, -0.25) is 19.2 Å². The van der Waals surface area contributed by atoms with Crippen LogP contribution in [-0.4, -0.2) is 44.5 Å². The number of rotatable bonds is 8. The van der Waals surface area contributed by atoms with E-state index in [4.69, 9.17) is 0 Å². The maximum atomic E-state index is 12.8. The predicted octanol–water partition coefficient (Wildman–Crippen LogP) is 2.93. The third-order valence-electron chi connectivity index (χ3n) is 5.21. The molecule has 0 unspecified atom stereocenters. The fourth-order valence-corrected chi connectivity index (χ4v) is 4.30. The first-order valence-electron chi connectivity index (χ1n) is 10.7. The molecule has 1 aliphatic rings. The first-order valence-corrected chi connectivity index (χ1v) is 12.6. The molecule has 0 saturated carbocycles. The summed E-state index contributed by atoms with van der Waals surface area (Å²) in [6.07, 6.45) is 4.83. The van der Waals surface area contributed by atoms with Crippen molar-refractivity contribution in [2.75, 3.05) is 29.4 Å². The summed E-state index contributed by atoms with van der Waals surface area (Å²) >= 11 is 0. The number of benzene rings is 2. The Hall–Kier alpha value is -2.91. The first-order chi connectivity index (χ1) is 15.2. The number of nitrogens with one attached hydrogen (secondary N) is 3. The van der Waals surface area contributed by atoms with Crippen molar-refractivity contribution in [1.82, 2.24) is 10.2 Å². The molecule has 1 fully saturated rings. The van der Waals surface area contributed by atoms with Gasteiger partial charge in [-0.25, -0.2) is 8.42 Å². The number of piperidine rings is 1. The smallest absolute Gasteiger partial charge is 0.253 e. The summed E-state index contributed by atoms with van der Waals surface area (Å²) in [5.74, 6) is -0.731. The van der Waals surface area contributed by atoms with E-state index in [1.54, 1.807) is 0 Å². The van der Waals surface area contributed by atoms with Gasteiger partial charge in [0, 0.05) is 25.7 Å². The molecule has 3 N–H and O–H groups in total. The van der Waals surface area contributed by atoms with Crippen molar-refractivity contribution in [2.24, 2.45) is 0 Å². The second kappa shape index (κ2) is 10.6. The van der Waals surface area contributed by atoms with Crippen molar-refractivity contribution in [3.05, 3.63) is 59.2 Å². The Labute approximate surface area is 189 Å². The minimum Gasteiger partial charge on any atom is -0.348 e. The summed E-state index contributed by atoms with van der Waals surface area (Å²) in [7, 11) is -3.57. The van der Waals surface area contributed by atoms with Gasteiger partial charge >= 0.3 is 0 Å². The van der Waals surface area contributed by atoms with Gasteiger partial charge in [0.25, 0.3) is 5.91 Å². The van der Waals surface area contributed by atoms with Crippen molar-refractivity contribution < 1.29 is 18.0 Å². The van der Waals surface area contributed by atoms with Crippen molar-refractivity contribution >= 4 is 33.2 Å². The molecule has 8 nitrogen and oxygen atoms in total. The average molecular weight is 459 g/mol. The second-order valence-electron chi connectivity index (χ2n) is 8.15. The molecule has 0 aromatic heterocycles. The molecule has 2 aromatic rings. The van der Waals surface area contributed by atoms with Crippen molar-refractivity contribution in [3.63, 3.8) is 0 Å². The van der Waals surface area contributed by atoms with E-state index in [2.05, 4.69) is 32.4 Å². The molecular weight excluding hydrogens is 428 g/mol. The Morgan fingerprint density at radius 2 is 1.62 bits per heavy atom. The standard InChI is InChI=1S/C23H30N4O4S/c1-17(28)25-20-10-11-22(26-32(2,30)31)21(14-20)23(29)24-15-18-6-8-19(9-7-18)16-27-12-4-3-5-13-27/h6-11,14,26H,3-5,12-13,15-16H2,1-2H3,(H,24,29)(H,25,28). The topological polar surface area (TPSA) is 108 Å². The third kappa shape index (κ3) is 7.35. The molecular formula is C23H30N4O4S. The van der Waals surface area contributed by atoms with E-state index < -0.39 is 15.9 Å². The molecule has 3 rings (SSSR count). The van der Waals surface area contributed by atoms with Crippen LogP contribution in [-0.2, 0) is 27.9 Å². The van der Waals surface area contributed by atoms with Crippen LogP contribution in [0.4, 0.5) is 11.4 Å². The van der Waals surface area contributed by atoms with Crippen LogP contribution in [0.1, 0.15) is 47.7 Å². The first kappa shape index (κ1) is 23.7. The Morgan fingerprint density at radius 1 is 0.969 bits per heavy atom. The highest BCUT2D eigenvalue weighted by Gasteiger charge is 2.16. The molecule has 0 atom stereocenters. The number of likely N-dealkylation sites (tertiary alicyclic amines) is 1. The summed E-state index contributed by atoms with van der Waals surface area (Å²) in [4.78, 5) is 26.6. The van der Waals surface area contributed by atoms with Gasteiger partial charge in [0.1, 0.15) is 0 Å². The van der Waals surface area contributed by atoms with Gasteiger partial charge in [-0.2, -0.15) is 0 Å². The monoisotopic (exact) mass is 458 g/mol. The lowest BCUT2D eigenvalue weighted by molar-refractivity contribution is -0.114. The van der Waals surface area contributed by atoms with E-state index in [9.17, 15) is 18.0 Å². The number of sulfonamides is 1. The minimum atomic E-state index is -3.57. The predicted molar refractivity (Wildman–Crippen MR) is 126 cm³/mol. The molecule has 1 aliphatic heterocycles. The molecule has 172 valence electrons. The van der Waals surface area contributed by atoms with E-state index in [-0.39, 0.29) is 17.2 Å². The number of hydrogen-bond donors (Lipinski definition) is 3. The summed E-state index contributed by atoms with van der Waals surface area (Å²) in [5.41, 5.74) is 2.86. The Balaban J connectivity index is 1.66. The summed E-state index contributed by atoms with van der Waals surface area (Å²) in [5, 5.41) is 5.43. The Bertz CT molecular complexity index is 1060. The zero-order valence-electron chi connectivity index (χ0n) is 18.5. The van der Waals surface area contributed by atoms with Crippen LogP contribution in [0, 0.1) is 0 Å². The van der Waals surface area contributed by atoms with Gasteiger partial charge in [0.2, 0.25) is 15.9 Å². The Kier molecular flexibility index (Phi) is 7.87. The fraction of sp³-hybridized carbons (Fsp3) is 0.391. The molecule has 0 aliphatic carbocycles. The average Bonchev–Trinajstić information content (AvgIpc) is 2.73. The van der Waals surface area contributed by atoms with E-state index >= 15 is 0 Å². The van der Waals surface area contributed by atoms with Gasteiger partial charge in [0.05, 0.1) is 17.5 Å². The van der Waals surface area contributed by atoms with Crippen LogP contribution in [0.2, 0.25) is 0 Å². The lowest BCUT2D eigenvalue weighted by Gasteiger charge is -2.26. The van der Waals surface area contributed by atoms with Gasteiger partial charge in [-0.05, 0) is 55.3 Å². The summed E-state index contributed by atoms with van der Waals surface area (Å²) in [6.45, 7) is 4.87. The second-order valence-corrected chi connectivity index (χ2v) is 9.90. The molecule has 32 heavy (non-hydrogen) atoms. The fourth-order valence-electron chi connectivity index (χ4n) is 3.72. The van der Waals surface area contributed by atoms with Gasteiger partial charge < -0.3 is 10.6 Å². The van der Waals surface area contributed by atoms with Crippen molar-refractivity contribution in [3.8, 4) is 0 Å². The maximum absolute atomic E-state index is 12.8. The van der Waals surface area contributed by atoms with Crippen LogP contribution in [0.15, 0.2) is 42.5 Å². The normalized spacial score (nSPS) is 14.6. The van der Waals surface area contributed by atoms with Crippen molar-refractivity contribution in [1.29, 1.82) is 0 Å². The molecule has 2 amide bonds. The number of hydrogen-bond acceptors (Lipinski definition) is 5. The molecule has 0 bridgehead atoms. The highest BCUT2D eigenvalue weighted by atomic mass is 32.2. The van der Waals surface area contributed by atoms with E-state index in [1.807, 2.05) is 12.1 Å². The number of carbonyl (C=O) groups is 2. The molecule has 1 saturated heterocycles. The summed E-state index contributed by atoms with van der Waals surface area (Å²) < 4.78 is 25.7. The highest BCUT2D eigenvalue weighted by molar-refractivity contribution is 7.92. The van der Waals surface area contributed by atoms with Crippen LogP contribution < -0.4 is 15.4 Å².